The van der Waals surface area contributed by atoms with Gasteiger partial charge in [-0.1, -0.05) is 48.0 Å². The molecule has 3 rings (SSSR count). The molecule has 1 fully saturated rings. The van der Waals surface area contributed by atoms with Crippen molar-refractivity contribution >= 4 is 17.3 Å². The number of nitrogens with one attached hydrogen (secondary N) is 1. The van der Waals surface area contributed by atoms with Crippen LogP contribution in [0.15, 0.2) is 48.5 Å². The van der Waals surface area contributed by atoms with Crippen molar-refractivity contribution in [3.63, 3.8) is 0 Å². The summed E-state index contributed by atoms with van der Waals surface area (Å²) in [5.41, 5.74) is 3.34. The van der Waals surface area contributed by atoms with Crippen LogP contribution in [0.4, 0.5) is 5.69 Å². The van der Waals surface area contributed by atoms with E-state index in [0.29, 0.717) is 6.04 Å². The van der Waals surface area contributed by atoms with E-state index in [1.54, 1.807) is 0 Å². The van der Waals surface area contributed by atoms with Crippen molar-refractivity contribution in [2.75, 3.05) is 18.0 Å². The van der Waals surface area contributed by atoms with Gasteiger partial charge in [0.25, 0.3) is 0 Å². The summed E-state index contributed by atoms with van der Waals surface area (Å²) in [6.45, 7) is 3.00. The summed E-state index contributed by atoms with van der Waals surface area (Å²) in [6, 6.07) is 16.7. The van der Waals surface area contributed by atoms with Crippen molar-refractivity contribution in [2.45, 2.75) is 32.0 Å². The molecule has 23 heavy (non-hydrogen) atoms. The molecule has 2 aromatic carbocycles. The lowest BCUT2D eigenvalue weighted by atomic mass is 10.0. The molecule has 1 saturated heterocycles. The Balaban J connectivity index is 1.50. The minimum atomic E-state index is 0.101. The van der Waals surface area contributed by atoms with Gasteiger partial charge >= 0.3 is 0 Å². The number of nitrogens with zero attached hydrogens (tertiary/aromatic N) is 1. The zero-order valence-corrected chi connectivity index (χ0v) is 14.0. The zero-order valence-electron chi connectivity index (χ0n) is 13.2. The van der Waals surface area contributed by atoms with Gasteiger partial charge in [0.05, 0.1) is 17.3 Å². The largest absolute Gasteiger partial charge is 0.392 e. The molecule has 0 radical (unpaired) electrons. The maximum atomic E-state index is 9.20. The quantitative estimate of drug-likeness (QED) is 0.879. The molecule has 3 nitrogen and oxygen atoms in total. The van der Waals surface area contributed by atoms with Crippen molar-refractivity contribution < 1.29 is 5.11 Å². The van der Waals surface area contributed by atoms with Crippen molar-refractivity contribution in [1.29, 1.82) is 0 Å². The summed E-state index contributed by atoms with van der Waals surface area (Å²) < 4.78 is 0. The third-order valence-corrected chi connectivity index (χ3v) is 4.78. The number of hydrogen-bond donors (Lipinski definition) is 2. The number of para-hydroxylation sites is 1. The first kappa shape index (κ1) is 16.3. The Kier molecular flexibility index (Phi) is 5.55. The fourth-order valence-corrected chi connectivity index (χ4v) is 3.39. The van der Waals surface area contributed by atoms with E-state index >= 15 is 0 Å². The van der Waals surface area contributed by atoms with Crippen LogP contribution in [0.3, 0.4) is 0 Å². The normalized spacial score (nSPS) is 15.8. The monoisotopic (exact) mass is 330 g/mol. The second kappa shape index (κ2) is 7.82. The van der Waals surface area contributed by atoms with Gasteiger partial charge in [0.15, 0.2) is 0 Å². The Labute approximate surface area is 142 Å². The second-order valence-electron chi connectivity index (χ2n) is 6.07. The van der Waals surface area contributed by atoms with Gasteiger partial charge in [-0.15, -0.1) is 0 Å². The molecule has 0 aromatic heterocycles. The average Bonchev–Trinajstić information content (AvgIpc) is 2.61. The zero-order chi connectivity index (χ0) is 16.1. The molecule has 0 aliphatic carbocycles. The van der Waals surface area contributed by atoms with E-state index in [1.807, 2.05) is 30.3 Å². The third-order valence-electron chi connectivity index (χ3n) is 4.46. The van der Waals surface area contributed by atoms with Gasteiger partial charge in [-0.3, -0.25) is 0 Å². The van der Waals surface area contributed by atoms with Crippen LogP contribution in [0.1, 0.15) is 24.0 Å². The van der Waals surface area contributed by atoms with Crippen LogP contribution in [0, 0.1) is 0 Å². The lowest BCUT2D eigenvalue weighted by Crippen LogP contribution is -2.42. The van der Waals surface area contributed by atoms with E-state index in [-0.39, 0.29) is 6.61 Å². The Bertz CT molecular complexity index is 639. The SMILES string of the molecule is OCc1cccc(CNC2CCN(c3ccccc3Cl)CC2)c1. The second-order valence-corrected chi connectivity index (χ2v) is 6.48. The molecule has 2 N–H and O–H groups in total. The molecule has 1 aliphatic heterocycles. The number of anilines is 1. The van der Waals surface area contributed by atoms with Crippen LogP contribution in [0.25, 0.3) is 0 Å². The maximum Gasteiger partial charge on any atom is 0.0681 e. The molecule has 0 amide bonds. The Hall–Kier alpha value is -1.55. The van der Waals surface area contributed by atoms with Gasteiger partial charge in [0.2, 0.25) is 0 Å². The fourth-order valence-electron chi connectivity index (χ4n) is 3.13. The first-order valence-corrected chi connectivity index (χ1v) is 8.55. The third kappa shape index (κ3) is 4.25. The van der Waals surface area contributed by atoms with Crippen LogP contribution >= 0.6 is 11.6 Å². The lowest BCUT2D eigenvalue weighted by Gasteiger charge is -2.34. The molecule has 0 saturated carbocycles. The standard InChI is InChI=1S/C19H23ClN2O/c20-18-6-1-2-7-19(18)22-10-8-17(9-11-22)21-13-15-4-3-5-16(12-15)14-23/h1-7,12,17,21,23H,8-11,13-14H2. The molecule has 4 heteroatoms. The minimum Gasteiger partial charge on any atom is -0.392 e. The van der Waals surface area contributed by atoms with Crippen molar-refractivity contribution in [3.05, 3.63) is 64.7 Å². The van der Waals surface area contributed by atoms with E-state index < -0.39 is 0 Å². The number of halogens is 1. The molecular weight excluding hydrogens is 308 g/mol. The summed E-state index contributed by atoms with van der Waals surface area (Å²) in [4.78, 5) is 2.37. The van der Waals surface area contributed by atoms with Gasteiger partial charge in [-0.05, 0) is 36.1 Å². The minimum absolute atomic E-state index is 0.101. The highest BCUT2D eigenvalue weighted by atomic mass is 35.5. The molecule has 2 aromatic rings. The van der Waals surface area contributed by atoms with Gasteiger partial charge in [0, 0.05) is 25.7 Å². The van der Waals surface area contributed by atoms with Gasteiger partial charge in [0.1, 0.15) is 0 Å². The Morgan fingerprint density at radius 1 is 1.04 bits per heavy atom. The molecule has 0 atom stereocenters. The van der Waals surface area contributed by atoms with Crippen molar-refractivity contribution in [3.8, 4) is 0 Å². The van der Waals surface area contributed by atoms with Crippen LogP contribution in [0.2, 0.25) is 5.02 Å². The predicted octanol–water partition coefficient (Wildman–Crippen LogP) is 3.59. The first-order valence-electron chi connectivity index (χ1n) is 8.18. The van der Waals surface area contributed by atoms with Crippen molar-refractivity contribution in [2.24, 2.45) is 0 Å². The number of benzene rings is 2. The molecule has 0 unspecified atom stereocenters. The van der Waals surface area contributed by atoms with Crippen LogP contribution < -0.4 is 10.2 Å². The predicted molar refractivity (Wildman–Crippen MR) is 95.9 cm³/mol. The summed E-state index contributed by atoms with van der Waals surface area (Å²) in [7, 11) is 0. The Morgan fingerprint density at radius 2 is 1.78 bits per heavy atom. The van der Waals surface area contributed by atoms with E-state index in [1.165, 1.54) is 5.56 Å². The molecule has 0 bridgehead atoms. The first-order chi connectivity index (χ1) is 11.3. The van der Waals surface area contributed by atoms with Crippen LogP contribution in [-0.4, -0.2) is 24.2 Å². The summed E-state index contributed by atoms with van der Waals surface area (Å²) >= 11 is 6.29. The summed E-state index contributed by atoms with van der Waals surface area (Å²) in [5, 5.41) is 13.7. The fraction of sp³-hybridized carbons (Fsp3) is 0.368. The topological polar surface area (TPSA) is 35.5 Å². The highest BCUT2D eigenvalue weighted by molar-refractivity contribution is 6.33. The molecular formula is C19H23ClN2O. The van der Waals surface area contributed by atoms with E-state index in [2.05, 4.69) is 28.4 Å². The summed E-state index contributed by atoms with van der Waals surface area (Å²) in [5.74, 6) is 0. The van der Waals surface area contributed by atoms with Crippen LogP contribution in [-0.2, 0) is 13.2 Å². The average molecular weight is 331 g/mol. The molecule has 122 valence electrons. The highest BCUT2D eigenvalue weighted by Crippen LogP contribution is 2.27. The number of piperidine rings is 1. The summed E-state index contributed by atoms with van der Waals surface area (Å²) in [6.07, 6.45) is 2.23. The Morgan fingerprint density at radius 3 is 2.52 bits per heavy atom. The smallest absolute Gasteiger partial charge is 0.0681 e. The highest BCUT2D eigenvalue weighted by Gasteiger charge is 2.20. The number of aliphatic hydroxyl groups is 1. The number of rotatable bonds is 5. The maximum absolute atomic E-state index is 9.20. The van der Waals surface area contributed by atoms with E-state index in [4.69, 9.17) is 11.6 Å². The number of aliphatic hydroxyl groups excluding tert-OH is 1. The molecule has 1 aliphatic rings. The van der Waals surface area contributed by atoms with Gasteiger partial charge < -0.3 is 15.3 Å². The van der Waals surface area contributed by atoms with Gasteiger partial charge in [-0.25, -0.2) is 0 Å². The van der Waals surface area contributed by atoms with Gasteiger partial charge in [-0.2, -0.15) is 0 Å². The molecule has 1 heterocycles. The van der Waals surface area contributed by atoms with Crippen LogP contribution in [0.5, 0.6) is 0 Å². The molecule has 0 spiro atoms. The lowest BCUT2D eigenvalue weighted by molar-refractivity contribution is 0.281. The van der Waals surface area contributed by atoms with E-state index in [9.17, 15) is 5.11 Å². The van der Waals surface area contributed by atoms with Crippen molar-refractivity contribution in [1.82, 2.24) is 5.32 Å². The number of hydrogen-bond acceptors (Lipinski definition) is 3. The van der Waals surface area contributed by atoms with E-state index in [0.717, 1.165) is 48.7 Å².